The largest absolute Gasteiger partial charge is 0.428 e. The van der Waals surface area contributed by atoms with Crippen LogP contribution in [0, 0.1) is 5.41 Å². The summed E-state index contributed by atoms with van der Waals surface area (Å²) < 4.78 is 5.90. The second-order valence-electron chi connectivity index (χ2n) is 8.14. The number of carbonyl (C=O) groups is 2. The molecule has 1 fully saturated rings. The summed E-state index contributed by atoms with van der Waals surface area (Å²) >= 11 is 0. The minimum atomic E-state index is -0.234. The monoisotopic (exact) mass is 363 g/mol. The van der Waals surface area contributed by atoms with Gasteiger partial charge in [0, 0.05) is 18.5 Å². The molecule has 1 saturated heterocycles. The van der Waals surface area contributed by atoms with Crippen molar-refractivity contribution in [1.82, 2.24) is 9.88 Å². The van der Waals surface area contributed by atoms with Crippen molar-refractivity contribution in [3.8, 4) is 0 Å². The second kappa shape index (κ2) is 8.52. The zero-order chi connectivity index (χ0) is 20.1. The molecule has 1 aromatic heterocycles. The fourth-order valence-electron chi connectivity index (χ4n) is 3.31. The van der Waals surface area contributed by atoms with Crippen molar-refractivity contribution >= 4 is 17.8 Å². The van der Waals surface area contributed by atoms with Crippen LogP contribution < -0.4 is 4.90 Å². The Labute approximate surface area is 157 Å². The normalized spacial score (nSPS) is 15.4. The van der Waals surface area contributed by atoms with E-state index in [0.717, 1.165) is 12.2 Å². The predicted molar refractivity (Wildman–Crippen MR) is 104 cm³/mol. The lowest BCUT2D eigenvalue weighted by molar-refractivity contribution is -0.133. The molecular weight excluding hydrogens is 330 g/mol. The SMILES string of the molecule is C=CC(=O)N1CCN(c2ncc(C(C)(C)CC(C)(C)C)o2)C(=O)C1.CC. The lowest BCUT2D eigenvalue weighted by atomic mass is 9.75. The Hall–Kier alpha value is -2.11. The van der Waals surface area contributed by atoms with Crippen LogP contribution in [0.2, 0.25) is 0 Å². The molecule has 0 unspecified atom stereocenters. The molecule has 1 aromatic rings. The number of nitrogens with zero attached hydrogens (tertiary/aromatic N) is 3. The first kappa shape index (κ1) is 21.9. The third kappa shape index (κ3) is 5.44. The van der Waals surface area contributed by atoms with Crippen LogP contribution in [0.5, 0.6) is 0 Å². The van der Waals surface area contributed by atoms with Crippen molar-refractivity contribution in [1.29, 1.82) is 0 Å². The summed E-state index contributed by atoms with van der Waals surface area (Å²) in [5.41, 5.74) is -0.0177. The molecule has 2 amide bonds. The van der Waals surface area contributed by atoms with Gasteiger partial charge in [-0.3, -0.25) is 14.5 Å². The highest BCUT2D eigenvalue weighted by atomic mass is 16.4. The van der Waals surface area contributed by atoms with E-state index in [0.29, 0.717) is 19.1 Å². The molecule has 6 nitrogen and oxygen atoms in total. The Kier molecular flexibility index (Phi) is 7.18. The standard InChI is InChI=1S/C18H27N3O3.C2H6/c1-7-14(22)20-8-9-21(15(23)11-20)16-19-10-13(24-16)18(5,6)12-17(2,3)4;1-2/h7,10H,1,8-9,11-12H2,2-6H3;1-2H3. The molecule has 0 spiro atoms. The maximum Gasteiger partial charge on any atom is 0.304 e. The Morgan fingerprint density at radius 1 is 1.27 bits per heavy atom. The number of anilines is 1. The molecule has 0 atom stereocenters. The van der Waals surface area contributed by atoms with Crippen LogP contribution in [-0.2, 0) is 15.0 Å². The van der Waals surface area contributed by atoms with Gasteiger partial charge in [-0.25, -0.2) is 4.98 Å². The highest BCUT2D eigenvalue weighted by Gasteiger charge is 2.34. The Morgan fingerprint density at radius 2 is 1.88 bits per heavy atom. The van der Waals surface area contributed by atoms with Gasteiger partial charge in [0.1, 0.15) is 12.3 Å². The molecule has 26 heavy (non-hydrogen) atoms. The molecule has 0 aliphatic carbocycles. The van der Waals surface area contributed by atoms with Crippen molar-refractivity contribution in [3.63, 3.8) is 0 Å². The number of piperazine rings is 1. The van der Waals surface area contributed by atoms with E-state index in [4.69, 9.17) is 4.42 Å². The topological polar surface area (TPSA) is 66.7 Å². The van der Waals surface area contributed by atoms with E-state index < -0.39 is 0 Å². The molecule has 1 aliphatic heterocycles. The number of amides is 2. The van der Waals surface area contributed by atoms with Crippen LogP contribution in [-0.4, -0.2) is 41.3 Å². The summed E-state index contributed by atoms with van der Waals surface area (Å²) in [5, 5.41) is 0. The van der Waals surface area contributed by atoms with Crippen LogP contribution >= 0.6 is 0 Å². The third-order valence-electron chi connectivity index (χ3n) is 4.07. The van der Waals surface area contributed by atoms with E-state index in [-0.39, 0.29) is 29.2 Å². The first-order chi connectivity index (χ1) is 12.0. The van der Waals surface area contributed by atoms with Crippen molar-refractivity contribution in [2.24, 2.45) is 5.41 Å². The molecule has 0 radical (unpaired) electrons. The first-order valence-electron chi connectivity index (χ1n) is 9.21. The molecule has 1 aliphatic rings. The smallest absolute Gasteiger partial charge is 0.304 e. The molecule has 0 bridgehead atoms. The Balaban J connectivity index is 0.00000163. The van der Waals surface area contributed by atoms with Crippen molar-refractivity contribution in [2.45, 2.75) is 60.3 Å². The first-order valence-corrected chi connectivity index (χ1v) is 9.21. The number of hydrogen-bond acceptors (Lipinski definition) is 4. The quantitative estimate of drug-likeness (QED) is 0.764. The lowest BCUT2D eigenvalue weighted by Gasteiger charge is -2.32. The summed E-state index contributed by atoms with van der Waals surface area (Å²) in [6, 6.07) is 0.308. The average Bonchev–Trinajstić information content (AvgIpc) is 3.04. The minimum absolute atomic E-state index is 0.0218. The molecule has 2 heterocycles. The van der Waals surface area contributed by atoms with Gasteiger partial charge in [0.2, 0.25) is 11.8 Å². The Bertz CT molecular complexity index is 641. The fourth-order valence-corrected chi connectivity index (χ4v) is 3.31. The number of oxazole rings is 1. The van der Waals surface area contributed by atoms with E-state index in [1.807, 2.05) is 13.8 Å². The Morgan fingerprint density at radius 3 is 2.38 bits per heavy atom. The summed E-state index contributed by atoms with van der Waals surface area (Å²) in [7, 11) is 0. The number of carbonyl (C=O) groups excluding carboxylic acids is 2. The highest BCUT2D eigenvalue weighted by molar-refractivity contribution is 5.98. The maximum atomic E-state index is 12.3. The zero-order valence-electron chi connectivity index (χ0n) is 17.3. The summed E-state index contributed by atoms with van der Waals surface area (Å²) in [6.45, 7) is 19.1. The van der Waals surface area contributed by atoms with Crippen molar-refractivity contribution in [2.75, 3.05) is 24.5 Å². The maximum absolute atomic E-state index is 12.3. The van der Waals surface area contributed by atoms with Gasteiger partial charge in [-0.15, -0.1) is 0 Å². The van der Waals surface area contributed by atoms with Gasteiger partial charge < -0.3 is 9.32 Å². The molecule has 2 rings (SSSR count). The van der Waals surface area contributed by atoms with Crippen LogP contribution in [0.3, 0.4) is 0 Å². The number of rotatable bonds is 4. The van der Waals surface area contributed by atoms with Crippen LogP contribution in [0.15, 0.2) is 23.3 Å². The van der Waals surface area contributed by atoms with Crippen LogP contribution in [0.25, 0.3) is 0 Å². The molecule has 0 aromatic carbocycles. The fraction of sp³-hybridized carbons (Fsp3) is 0.650. The lowest BCUT2D eigenvalue weighted by Crippen LogP contribution is -2.52. The van der Waals surface area contributed by atoms with Gasteiger partial charge in [0.25, 0.3) is 0 Å². The molecule has 6 heteroatoms. The summed E-state index contributed by atoms with van der Waals surface area (Å²) in [5.74, 6) is 0.339. The predicted octanol–water partition coefficient (Wildman–Crippen LogP) is 3.78. The van der Waals surface area contributed by atoms with Crippen molar-refractivity contribution in [3.05, 3.63) is 24.6 Å². The third-order valence-corrected chi connectivity index (χ3v) is 4.07. The van der Waals surface area contributed by atoms with Gasteiger partial charge in [-0.1, -0.05) is 55.0 Å². The number of aromatic nitrogens is 1. The summed E-state index contributed by atoms with van der Waals surface area (Å²) in [6.07, 6.45) is 3.86. The zero-order valence-corrected chi connectivity index (χ0v) is 17.3. The van der Waals surface area contributed by atoms with Gasteiger partial charge in [-0.05, 0) is 17.9 Å². The second-order valence-corrected chi connectivity index (χ2v) is 8.14. The van der Waals surface area contributed by atoms with Gasteiger partial charge in [0.15, 0.2) is 0 Å². The molecule has 0 saturated carbocycles. The minimum Gasteiger partial charge on any atom is -0.428 e. The van der Waals surface area contributed by atoms with Crippen LogP contribution in [0.4, 0.5) is 6.01 Å². The average molecular weight is 364 g/mol. The van der Waals surface area contributed by atoms with E-state index >= 15 is 0 Å². The van der Waals surface area contributed by atoms with Crippen LogP contribution in [0.1, 0.15) is 60.6 Å². The van der Waals surface area contributed by atoms with Gasteiger partial charge in [0.05, 0.1) is 6.20 Å². The number of hydrogen-bond donors (Lipinski definition) is 0. The molecule has 0 N–H and O–H groups in total. The molecular formula is C20H33N3O3. The van der Waals surface area contributed by atoms with Gasteiger partial charge >= 0.3 is 6.01 Å². The van der Waals surface area contributed by atoms with E-state index in [1.54, 1.807) is 6.20 Å². The van der Waals surface area contributed by atoms with E-state index in [2.05, 4.69) is 46.2 Å². The highest BCUT2D eigenvalue weighted by Crippen LogP contribution is 2.37. The molecule has 146 valence electrons. The summed E-state index contributed by atoms with van der Waals surface area (Å²) in [4.78, 5) is 31.2. The van der Waals surface area contributed by atoms with E-state index in [9.17, 15) is 9.59 Å². The van der Waals surface area contributed by atoms with Crippen molar-refractivity contribution < 1.29 is 14.0 Å². The van der Waals surface area contributed by atoms with Gasteiger partial charge in [-0.2, -0.15) is 0 Å². The van der Waals surface area contributed by atoms with E-state index in [1.165, 1.54) is 15.9 Å².